The highest BCUT2D eigenvalue weighted by Crippen LogP contribution is 2.20. The number of hydrogen-bond acceptors (Lipinski definition) is 4. The Kier molecular flexibility index (Phi) is 8.30. The van der Waals surface area contributed by atoms with Crippen LogP contribution in [0, 0.1) is 0 Å². The number of hydrogen-bond donors (Lipinski definition) is 2. The van der Waals surface area contributed by atoms with Crippen LogP contribution >= 0.6 is 11.6 Å². The Morgan fingerprint density at radius 3 is 2.63 bits per heavy atom. The molecule has 0 unspecified atom stereocenters. The molecule has 3 N–H and O–H groups in total. The fraction of sp³-hybridized carbons (Fsp3) is 0.333. The van der Waals surface area contributed by atoms with Crippen LogP contribution in [-0.2, 0) is 4.79 Å². The van der Waals surface area contributed by atoms with Crippen LogP contribution in [0.1, 0.15) is 31.4 Å². The van der Waals surface area contributed by atoms with Crippen molar-refractivity contribution in [2.75, 3.05) is 19.7 Å². The van der Waals surface area contributed by atoms with E-state index in [0.717, 1.165) is 22.6 Å². The topological polar surface area (TPSA) is 76.7 Å². The number of benzene rings is 2. The molecule has 6 heteroatoms. The molecular weight excluding hydrogens is 362 g/mol. The van der Waals surface area contributed by atoms with E-state index in [1.807, 2.05) is 62.4 Å². The van der Waals surface area contributed by atoms with Crippen molar-refractivity contribution in [3.05, 3.63) is 64.7 Å². The second-order valence-corrected chi connectivity index (χ2v) is 6.59. The van der Waals surface area contributed by atoms with E-state index in [9.17, 15) is 4.79 Å². The van der Waals surface area contributed by atoms with Gasteiger partial charge in [-0.25, -0.2) is 0 Å². The molecule has 0 bridgehead atoms. The Bertz CT molecular complexity index is 775. The summed E-state index contributed by atoms with van der Waals surface area (Å²) in [5.74, 6) is 0.722. The number of halogens is 1. The second-order valence-electron chi connectivity index (χ2n) is 6.16. The van der Waals surface area contributed by atoms with Crippen molar-refractivity contribution >= 4 is 23.2 Å². The van der Waals surface area contributed by atoms with Gasteiger partial charge in [0.05, 0.1) is 11.8 Å². The van der Waals surface area contributed by atoms with E-state index in [1.165, 1.54) is 0 Å². The highest BCUT2D eigenvalue weighted by molar-refractivity contribution is 6.30. The molecule has 1 amide bonds. The maximum absolute atomic E-state index is 11.9. The predicted octanol–water partition coefficient (Wildman–Crippen LogP) is 3.43. The summed E-state index contributed by atoms with van der Waals surface area (Å²) in [7, 11) is 0. The molecule has 2 aromatic carbocycles. The van der Waals surface area contributed by atoms with Crippen LogP contribution in [0.3, 0.4) is 0 Å². The highest BCUT2D eigenvalue weighted by atomic mass is 35.5. The summed E-state index contributed by atoms with van der Waals surface area (Å²) in [5, 5.41) is 3.47. The molecule has 0 radical (unpaired) electrons. The molecule has 0 spiro atoms. The van der Waals surface area contributed by atoms with E-state index in [-0.39, 0.29) is 11.9 Å². The number of carbonyl (C=O) groups is 1. The largest absolute Gasteiger partial charge is 0.492 e. The van der Waals surface area contributed by atoms with Crippen LogP contribution in [0.15, 0.2) is 53.5 Å². The number of carbonyl (C=O) groups excluding carboxylic acids is 1. The fourth-order valence-electron chi connectivity index (χ4n) is 2.64. The van der Waals surface area contributed by atoms with E-state index in [0.29, 0.717) is 31.1 Å². The molecule has 0 heterocycles. The Hall–Kier alpha value is -2.37. The second kappa shape index (κ2) is 10.7. The maximum atomic E-state index is 11.9. The highest BCUT2D eigenvalue weighted by Gasteiger charge is 2.13. The minimum Gasteiger partial charge on any atom is -0.492 e. The Morgan fingerprint density at radius 2 is 1.96 bits per heavy atom. The zero-order chi connectivity index (χ0) is 19.6. The van der Waals surface area contributed by atoms with Crippen molar-refractivity contribution in [2.24, 2.45) is 10.7 Å². The third kappa shape index (κ3) is 6.70. The van der Waals surface area contributed by atoms with E-state index >= 15 is 0 Å². The van der Waals surface area contributed by atoms with Crippen molar-refractivity contribution in [1.29, 1.82) is 0 Å². The quantitative estimate of drug-likeness (QED) is 0.647. The average molecular weight is 388 g/mol. The van der Waals surface area contributed by atoms with E-state index in [4.69, 9.17) is 27.1 Å². The minimum absolute atomic E-state index is 0.00997. The summed E-state index contributed by atoms with van der Waals surface area (Å²) >= 11 is 6.03. The van der Waals surface area contributed by atoms with Gasteiger partial charge in [0.15, 0.2) is 0 Å². The zero-order valence-corrected chi connectivity index (χ0v) is 16.5. The Balaban J connectivity index is 2.36. The van der Waals surface area contributed by atoms with Crippen LogP contribution < -0.4 is 15.8 Å². The van der Waals surface area contributed by atoms with Crippen molar-refractivity contribution in [3.63, 3.8) is 0 Å². The number of nitrogens with two attached hydrogens (primary N) is 1. The number of aliphatic imine (C=N–C) groups is 1. The fourth-order valence-corrected chi connectivity index (χ4v) is 2.76. The lowest BCUT2D eigenvalue weighted by Crippen LogP contribution is -2.26. The molecule has 1 atom stereocenters. The summed E-state index contributed by atoms with van der Waals surface area (Å²) in [6, 6.07) is 15.0. The molecule has 144 valence electrons. The summed E-state index contributed by atoms with van der Waals surface area (Å²) in [6.07, 6.45) is 0.328. The smallest absolute Gasteiger partial charge is 0.222 e. The molecule has 0 aliphatic heterocycles. The monoisotopic (exact) mass is 387 g/mol. The van der Waals surface area contributed by atoms with E-state index in [2.05, 4.69) is 5.32 Å². The molecule has 0 saturated heterocycles. The summed E-state index contributed by atoms with van der Waals surface area (Å²) in [5.41, 5.74) is 8.15. The van der Waals surface area contributed by atoms with Gasteiger partial charge in [0.2, 0.25) is 5.91 Å². The molecule has 0 fully saturated rings. The summed E-state index contributed by atoms with van der Waals surface area (Å²) in [4.78, 5) is 16.7. The van der Waals surface area contributed by atoms with Gasteiger partial charge in [-0.3, -0.25) is 9.79 Å². The van der Waals surface area contributed by atoms with Crippen molar-refractivity contribution in [3.8, 4) is 5.75 Å². The zero-order valence-electron chi connectivity index (χ0n) is 15.7. The lowest BCUT2D eigenvalue weighted by molar-refractivity contribution is -0.121. The maximum Gasteiger partial charge on any atom is 0.222 e. The first-order chi connectivity index (χ1) is 13.0. The van der Waals surface area contributed by atoms with E-state index < -0.39 is 0 Å². The van der Waals surface area contributed by atoms with Crippen LogP contribution in [0.4, 0.5) is 0 Å². The normalized spacial score (nSPS) is 12.5. The van der Waals surface area contributed by atoms with Gasteiger partial charge < -0.3 is 15.8 Å². The van der Waals surface area contributed by atoms with Crippen molar-refractivity contribution < 1.29 is 9.53 Å². The average Bonchev–Trinajstić information content (AvgIpc) is 2.65. The number of rotatable bonds is 9. The van der Waals surface area contributed by atoms with Gasteiger partial charge in [0.1, 0.15) is 12.4 Å². The Morgan fingerprint density at radius 1 is 1.22 bits per heavy atom. The van der Waals surface area contributed by atoms with Gasteiger partial charge in [-0.2, -0.15) is 0 Å². The van der Waals surface area contributed by atoms with Crippen molar-refractivity contribution in [1.82, 2.24) is 5.32 Å². The number of amides is 1. The number of ether oxygens (including phenoxy) is 1. The minimum atomic E-state index is -0.171. The molecule has 5 nitrogen and oxygen atoms in total. The first kappa shape index (κ1) is 20.9. The molecule has 0 aliphatic carbocycles. The third-order valence-corrected chi connectivity index (χ3v) is 4.07. The van der Waals surface area contributed by atoms with Crippen LogP contribution in [0.25, 0.3) is 0 Å². The van der Waals surface area contributed by atoms with Gasteiger partial charge in [-0.15, -0.1) is 0 Å². The molecule has 2 aromatic rings. The van der Waals surface area contributed by atoms with Crippen molar-refractivity contribution in [2.45, 2.75) is 26.3 Å². The molecule has 2 rings (SSSR count). The first-order valence-corrected chi connectivity index (χ1v) is 9.45. The van der Waals surface area contributed by atoms with E-state index in [1.54, 1.807) is 0 Å². The predicted molar refractivity (Wildman–Crippen MR) is 111 cm³/mol. The van der Waals surface area contributed by atoms with Gasteiger partial charge in [-0.05, 0) is 38.1 Å². The van der Waals surface area contributed by atoms with Crippen LogP contribution in [0.2, 0.25) is 5.02 Å². The van der Waals surface area contributed by atoms with Gasteiger partial charge in [0, 0.05) is 35.7 Å². The van der Waals surface area contributed by atoms with Gasteiger partial charge in [-0.1, -0.05) is 35.9 Å². The number of nitrogens with zero attached hydrogens (tertiary/aromatic N) is 1. The lowest BCUT2D eigenvalue weighted by Gasteiger charge is -2.14. The SMILES string of the molecule is CCNC(=O)C[C@@H](C)/N=C(/c1ccc(Cl)cc1)c1cccc(OCCN)c1. The first-order valence-electron chi connectivity index (χ1n) is 9.07. The lowest BCUT2D eigenvalue weighted by atomic mass is 10.0. The molecule has 0 saturated carbocycles. The van der Waals surface area contributed by atoms with Gasteiger partial charge >= 0.3 is 0 Å². The van der Waals surface area contributed by atoms with Crippen LogP contribution in [-0.4, -0.2) is 37.4 Å². The molecule has 0 aliphatic rings. The molecular formula is C21H26ClN3O2. The van der Waals surface area contributed by atoms with Gasteiger partial charge in [0.25, 0.3) is 0 Å². The third-order valence-electron chi connectivity index (χ3n) is 3.82. The number of nitrogens with one attached hydrogen (secondary N) is 1. The van der Waals surface area contributed by atoms with Crippen LogP contribution in [0.5, 0.6) is 5.75 Å². The Labute approximate surface area is 165 Å². The molecule has 27 heavy (non-hydrogen) atoms. The summed E-state index contributed by atoms with van der Waals surface area (Å²) in [6.45, 7) is 5.34. The molecule has 0 aromatic heterocycles. The summed E-state index contributed by atoms with van der Waals surface area (Å²) < 4.78 is 5.64. The standard InChI is InChI=1S/C21H26ClN3O2/c1-3-24-20(26)13-15(2)25-21(16-7-9-18(22)10-8-16)17-5-4-6-19(14-17)27-12-11-23/h4-10,14-15H,3,11-13,23H2,1-2H3,(H,24,26)/b25-21-/t15-/m1/s1.